The van der Waals surface area contributed by atoms with Crippen molar-refractivity contribution in [2.45, 2.75) is 32.7 Å². The largest absolute Gasteiger partial charge is 0.325 e. The lowest BCUT2D eigenvalue weighted by atomic mass is 10.0. The highest BCUT2D eigenvalue weighted by atomic mass is 35.5. The van der Waals surface area contributed by atoms with Crippen molar-refractivity contribution in [3.8, 4) is 0 Å². The van der Waals surface area contributed by atoms with Crippen molar-refractivity contribution in [2.75, 3.05) is 11.9 Å². The SMILES string of the molecule is CC(C)CN(C(=O)Nc1ccc(F)c(Cl)c1)[C@@H]1CCc2[nH]c(=O)c3ccccc3c21. The van der Waals surface area contributed by atoms with Crippen molar-refractivity contribution in [1.29, 1.82) is 0 Å². The van der Waals surface area contributed by atoms with Crippen LogP contribution in [0.2, 0.25) is 5.02 Å². The second kappa shape index (κ2) is 8.11. The number of H-pyrrole nitrogens is 1. The summed E-state index contributed by atoms with van der Waals surface area (Å²) in [7, 11) is 0. The smallest absolute Gasteiger partial charge is 0.322 e. The summed E-state index contributed by atoms with van der Waals surface area (Å²) in [5.41, 5.74) is 2.21. The number of urea groups is 1. The van der Waals surface area contributed by atoms with E-state index in [0.29, 0.717) is 24.0 Å². The molecule has 30 heavy (non-hydrogen) atoms. The van der Waals surface area contributed by atoms with Gasteiger partial charge in [-0.05, 0) is 48.4 Å². The predicted molar refractivity (Wildman–Crippen MR) is 118 cm³/mol. The molecule has 0 aliphatic heterocycles. The molecule has 0 fully saturated rings. The molecule has 0 radical (unpaired) electrons. The number of aromatic amines is 1. The molecule has 2 N–H and O–H groups in total. The van der Waals surface area contributed by atoms with E-state index >= 15 is 0 Å². The fourth-order valence-electron chi connectivity index (χ4n) is 4.18. The molecule has 4 rings (SSSR count). The molecule has 1 aliphatic rings. The summed E-state index contributed by atoms with van der Waals surface area (Å²) in [6.45, 7) is 4.64. The van der Waals surface area contributed by atoms with Crippen molar-refractivity contribution < 1.29 is 9.18 Å². The fourth-order valence-corrected chi connectivity index (χ4v) is 4.36. The van der Waals surface area contributed by atoms with Crippen LogP contribution in [0, 0.1) is 11.7 Å². The molecular formula is C23H23ClFN3O2. The second-order valence-corrected chi connectivity index (χ2v) is 8.46. The first-order valence-electron chi connectivity index (χ1n) is 10.0. The van der Waals surface area contributed by atoms with Gasteiger partial charge < -0.3 is 15.2 Å². The zero-order valence-electron chi connectivity index (χ0n) is 16.8. The minimum absolute atomic E-state index is 0.0435. The average Bonchev–Trinajstić information content (AvgIpc) is 3.12. The van der Waals surface area contributed by atoms with E-state index in [0.717, 1.165) is 23.1 Å². The summed E-state index contributed by atoms with van der Waals surface area (Å²) in [4.78, 5) is 30.5. The molecular weight excluding hydrogens is 405 g/mol. The molecule has 1 aliphatic carbocycles. The van der Waals surface area contributed by atoms with Gasteiger partial charge in [-0.2, -0.15) is 0 Å². The molecule has 0 saturated heterocycles. The molecule has 1 atom stereocenters. The van der Waals surface area contributed by atoms with Gasteiger partial charge in [-0.1, -0.05) is 43.6 Å². The summed E-state index contributed by atoms with van der Waals surface area (Å²) in [6.07, 6.45) is 1.42. The standard InChI is InChI=1S/C23H23ClFN3O2/c1-13(2)12-28(23(30)26-14-7-8-18(25)17(24)11-14)20-10-9-19-21(20)15-5-3-4-6-16(15)22(29)27-19/h3-8,11,13,20H,9-10,12H2,1-2H3,(H,26,30)(H,27,29)/t20-/m1/s1. The Balaban J connectivity index is 1.72. The molecule has 0 spiro atoms. The number of fused-ring (bicyclic) bond motifs is 3. The Kier molecular flexibility index (Phi) is 5.52. The van der Waals surface area contributed by atoms with Crippen LogP contribution in [0.1, 0.15) is 37.6 Å². The third-order valence-corrected chi connectivity index (χ3v) is 5.71. The number of pyridine rings is 1. The highest BCUT2D eigenvalue weighted by Crippen LogP contribution is 2.39. The lowest BCUT2D eigenvalue weighted by molar-refractivity contribution is 0.178. The number of carbonyl (C=O) groups excluding carboxylic acids is 1. The number of hydrogen-bond acceptors (Lipinski definition) is 2. The molecule has 0 bridgehead atoms. The number of rotatable bonds is 4. The Morgan fingerprint density at radius 3 is 2.70 bits per heavy atom. The van der Waals surface area contributed by atoms with E-state index in [9.17, 15) is 14.0 Å². The summed E-state index contributed by atoms with van der Waals surface area (Å²) >= 11 is 5.86. The lowest BCUT2D eigenvalue weighted by Crippen LogP contribution is -2.40. The Hall–Kier alpha value is -2.86. The summed E-state index contributed by atoms with van der Waals surface area (Å²) in [5.74, 6) is -0.292. The molecule has 2 amide bonds. The predicted octanol–water partition coefficient (Wildman–Crippen LogP) is 5.50. The maximum Gasteiger partial charge on any atom is 0.322 e. The summed E-state index contributed by atoms with van der Waals surface area (Å²) in [5, 5.41) is 4.31. The van der Waals surface area contributed by atoms with Gasteiger partial charge in [0.25, 0.3) is 5.56 Å². The van der Waals surface area contributed by atoms with Crippen LogP contribution < -0.4 is 10.9 Å². The molecule has 7 heteroatoms. The Labute approximate surface area is 178 Å². The van der Waals surface area contributed by atoms with Crippen LogP contribution in [0.25, 0.3) is 10.8 Å². The summed E-state index contributed by atoms with van der Waals surface area (Å²) < 4.78 is 13.5. The topological polar surface area (TPSA) is 65.2 Å². The Morgan fingerprint density at radius 1 is 1.27 bits per heavy atom. The first kappa shape index (κ1) is 20.4. The van der Waals surface area contributed by atoms with Gasteiger partial charge in [-0.15, -0.1) is 0 Å². The third-order valence-electron chi connectivity index (χ3n) is 5.42. The van der Waals surface area contributed by atoms with E-state index in [1.54, 1.807) is 11.0 Å². The number of nitrogens with zero attached hydrogens (tertiary/aromatic N) is 1. The maximum atomic E-state index is 13.5. The zero-order chi connectivity index (χ0) is 21.4. The highest BCUT2D eigenvalue weighted by molar-refractivity contribution is 6.31. The minimum atomic E-state index is -0.533. The van der Waals surface area contributed by atoms with E-state index < -0.39 is 5.82 Å². The van der Waals surface area contributed by atoms with E-state index in [1.807, 2.05) is 18.2 Å². The number of aromatic nitrogens is 1. The van der Waals surface area contributed by atoms with Crippen LogP contribution in [-0.2, 0) is 6.42 Å². The van der Waals surface area contributed by atoms with Gasteiger partial charge in [0.15, 0.2) is 0 Å². The maximum absolute atomic E-state index is 13.5. The number of nitrogens with one attached hydrogen (secondary N) is 2. The highest BCUT2D eigenvalue weighted by Gasteiger charge is 2.34. The van der Waals surface area contributed by atoms with E-state index in [-0.39, 0.29) is 28.6 Å². The van der Waals surface area contributed by atoms with Gasteiger partial charge in [0.2, 0.25) is 0 Å². The van der Waals surface area contributed by atoms with Gasteiger partial charge >= 0.3 is 6.03 Å². The molecule has 0 saturated carbocycles. The Morgan fingerprint density at radius 2 is 2.00 bits per heavy atom. The number of halogens is 2. The minimum Gasteiger partial charge on any atom is -0.325 e. The van der Waals surface area contributed by atoms with Crippen molar-refractivity contribution in [3.63, 3.8) is 0 Å². The van der Waals surface area contributed by atoms with Crippen LogP contribution in [0.4, 0.5) is 14.9 Å². The number of hydrogen-bond donors (Lipinski definition) is 2. The van der Waals surface area contributed by atoms with Crippen molar-refractivity contribution in [2.24, 2.45) is 5.92 Å². The van der Waals surface area contributed by atoms with Crippen LogP contribution in [0.15, 0.2) is 47.3 Å². The number of benzene rings is 2. The molecule has 2 aromatic carbocycles. The number of amides is 2. The van der Waals surface area contributed by atoms with Crippen LogP contribution in [0.5, 0.6) is 0 Å². The van der Waals surface area contributed by atoms with Crippen LogP contribution in [-0.4, -0.2) is 22.5 Å². The van der Waals surface area contributed by atoms with Gasteiger partial charge in [-0.25, -0.2) is 9.18 Å². The molecule has 0 unspecified atom stereocenters. The van der Waals surface area contributed by atoms with E-state index in [2.05, 4.69) is 24.1 Å². The monoisotopic (exact) mass is 427 g/mol. The van der Waals surface area contributed by atoms with Gasteiger partial charge in [0.1, 0.15) is 5.82 Å². The number of carbonyl (C=O) groups is 1. The van der Waals surface area contributed by atoms with Crippen LogP contribution in [0.3, 0.4) is 0 Å². The number of aryl methyl sites for hydroxylation is 1. The first-order chi connectivity index (χ1) is 14.3. The van der Waals surface area contributed by atoms with Crippen molar-refractivity contribution in [3.05, 3.63) is 74.9 Å². The zero-order valence-corrected chi connectivity index (χ0v) is 17.6. The van der Waals surface area contributed by atoms with Crippen LogP contribution >= 0.6 is 11.6 Å². The molecule has 3 aromatic rings. The fraction of sp³-hybridized carbons (Fsp3) is 0.304. The molecule has 1 aromatic heterocycles. The first-order valence-corrected chi connectivity index (χ1v) is 10.4. The van der Waals surface area contributed by atoms with E-state index in [1.165, 1.54) is 18.2 Å². The van der Waals surface area contributed by atoms with Crippen molar-refractivity contribution in [1.82, 2.24) is 9.88 Å². The van der Waals surface area contributed by atoms with Crippen molar-refractivity contribution >= 4 is 34.1 Å². The molecule has 156 valence electrons. The van der Waals surface area contributed by atoms with E-state index in [4.69, 9.17) is 11.6 Å². The Bertz CT molecular complexity index is 1170. The van der Waals surface area contributed by atoms with Gasteiger partial charge in [-0.3, -0.25) is 4.79 Å². The molecule has 1 heterocycles. The summed E-state index contributed by atoms with van der Waals surface area (Å²) in [6, 6.07) is 11.2. The average molecular weight is 428 g/mol. The third kappa shape index (κ3) is 3.79. The lowest BCUT2D eigenvalue weighted by Gasteiger charge is -2.32. The second-order valence-electron chi connectivity index (χ2n) is 8.05. The van der Waals surface area contributed by atoms with Gasteiger partial charge in [0, 0.05) is 28.9 Å². The quantitative estimate of drug-likeness (QED) is 0.577. The normalized spacial score (nSPS) is 15.4. The number of anilines is 1. The molecule has 5 nitrogen and oxygen atoms in total. The van der Waals surface area contributed by atoms with Gasteiger partial charge in [0.05, 0.1) is 11.1 Å².